The molecule has 1 atom stereocenters. The quantitative estimate of drug-likeness (QED) is 0.533. The van der Waals surface area contributed by atoms with Gasteiger partial charge in [-0.1, -0.05) is 6.92 Å². The Morgan fingerprint density at radius 3 is 2.70 bits per heavy atom. The number of pyridine rings is 1. The van der Waals surface area contributed by atoms with Crippen molar-refractivity contribution in [3.63, 3.8) is 0 Å². The zero-order valence-electron chi connectivity index (χ0n) is 17.3. The van der Waals surface area contributed by atoms with Crippen molar-refractivity contribution in [3.8, 4) is 0 Å². The van der Waals surface area contributed by atoms with Gasteiger partial charge >= 0.3 is 0 Å². The summed E-state index contributed by atoms with van der Waals surface area (Å²) in [6, 6.07) is 4.84. The number of aromatic nitrogens is 3. The van der Waals surface area contributed by atoms with E-state index in [1.807, 2.05) is 6.92 Å². The fourth-order valence-corrected chi connectivity index (χ4v) is 2.67. The number of carbonyl (C=O) groups is 1. The predicted octanol–water partition coefficient (Wildman–Crippen LogP) is 1.96. The summed E-state index contributed by atoms with van der Waals surface area (Å²) in [5.41, 5.74) is -0.342. The Bertz CT molecular complexity index is 803. The Balaban J connectivity index is 2.11. The molecule has 2 N–H and O–H groups in total. The molecule has 0 aromatic carbocycles. The summed E-state index contributed by atoms with van der Waals surface area (Å²) in [6.07, 6.45) is 1.03. The number of alkyl halides is 2. The van der Waals surface area contributed by atoms with Crippen molar-refractivity contribution in [2.45, 2.75) is 45.6 Å². The van der Waals surface area contributed by atoms with E-state index in [2.05, 4.69) is 20.3 Å². The first kappa shape index (κ1) is 23.7. The first-order valence-electron chi connectivity index (χ1n) is 9.57. The average Bonchev–Trinajstić information content (AvgIpc) is 2.72. The maximum Gasteiger partial charge on any atom is 0.261 e. The molecule has 0 aliphatic heterocycles. The number of ether oxygens (including phenoxy) is 1. The van der Waals surface area contributed by atoms with Crippen molar-refractivity contribution in [2.24, 2.45) is 0 Å². The molecule has 0 spiro atoms. The van der Waals surface area contributed by atoms with E-state index in [1.54, 1.807) is 43.1 Å². The molecular weight excluding hydrogens is 396 g/mol. The minimum absolute atomic E-state index is 0.0144. The number of carbonyl (C=O) groups excluding carboxylic acids is 1. The fourth-order valence-electron chi connectivity index (χ4n) is 2.67. The van der Waals surface area contributed by atoms with Crippen LogP contribution in [0.1, 0.15) is 42.6 Å². The smallest absolute Gasteiger partial charge is 0.261 e. The van der Waals surface area contributed by atoms with E-state index < -0.39 is 24.9 Å². The second kappa shape index (κ2) is 11.0. The molecule has 10 heteroatoms. The van der Waals surface area contributed by atoms with Gasteiger partial charge in [0.25, 0.3) is 12.3 Å². The zero-order chi connectivity index (χ0) is 22.1. The molecule has 2 aromatic heterocycles. The Morgan fingerprint density at radius 2 is 2.10 bits per heavy atom. The van der Waals surface area contributed by atoms with E-state index in [1.165, 1.54) is 12.4 Å². The molecule has 0 saturated carbocycles. The van der Waals surface area contributed by atoms with Crippen LogP contribution in [0, 0.1) is 0 Å². The number of hydrogen-bond acceptors (Lipinski definition) is 7. The lowest BCUT2D eigenvalue weighted by atomic mass is 10.1. The second-order valence-corrected chi connectivity index (χ2v) is 7.11. The van der Waals surface area contributed by atoms with Crippen LogP contribution < -0.4 is 5.32 Å². The van der Waals surface area contributed by atoms with Crippen molar-refractivity contribution in [1.82, 2.24) is 25.2 Å². The SMILES string of the molecule is CCN(Cc1nccc(C(C)(C)O)n1)C(CNC(=O)c1cccnc1)OCC(F)F. The standard InChI is InChI=1S/C20H27F2N5O3/c1-4-27(12-17-24-9-7-15(26-17)20(2,3)29)18(30-13-16(21)22)11-25-19(28)14-6-5-8-23-10-14/h5-10,16,18,29H,4,11-13H2,1-3H3,(H,25,28). The van der Waals surface area contributed by atoms with Crippen molar-refractivity contribution >= 4 is 5.91 Å². The number of rotatable bonds is 11. The molecule has 0 saturated heterocycles. The Morgan fingerprint density at radius 1 is 1.33 bits per heavy atom. The van der Waals surface area contributed by atoms with Gasteiger partial charge in [0, 0.05) is 18.6 Å². The lowest BCUT2D eigenvalue weighted by molar-refractivity contribution is -0.0945. The molecule has 2 aromatic rings. The normalized spacial score (nSPS) is 12.9. The van der Waals surface area contributed by atoms with Gasteiger partial charge in [0.05, 0.1) is 24.3 Å². The first-order chi connectivity index (χ1) is 14.2. The van der Waals surface area contributed by atoms with E-state index in [4.69, 9.17) is 4.74 Å². The minimum atomic E-state index is -2.64. The summed E-state index contributed by atoms with van der Waals surface area (Å²) < 4.78 is 30.8. The third-order valence-electron chi connectivity index (χ3n) is 4.27. The average molecular weight is 423 g/mol. The van der Waals surface area contributed by atoms with Crippen LogP contribution in [-0.2, 0) is 16.9 Å². The summed E-state index contributed by atoms with van der Waals surface area (Å²) in [5, 5.41) is 12.8. The van der Waals surface area contributed by atoms with E-state index in [-0.39, 0.29) is 19.0 Å². The lowest BCUT2D eigenvalue weighted by Gasteiger charge is -2.30. The number of halogens is 2. The summed E-state index contributed by atoms with van der Waals surface area (Å²) in [4.78, 5) is 26.5. The van der Waals surface area contributed by atoms with Gasteiger partial charge in [0.1, 0.15) is 24.3 Å². The van der Waals surface area contributed by atoms with E-state index in [0.29, 0.717) is 23.6 Å². The number of nitrogens with zero attached hydrogens (tertiary/aromatic N) is 4. The summed E-state index contributed by atoms with van der Waals surface area (Å²) >= 11 is 0. The van der Waals surface area contributed by atoms with Gasteiger partial charge < -0.3 is 15.2 Å². The van der Waals surface area contributed by atoms with Crippen LogP contribution in [-0.4, -0.2) is 63.2 Å². The number of amides is 1. The maximum atomic E-state index is 12.7. The second-order valence-electron chi connectivity index (χ2n) is 7.11. The number of aliphatic hydroxyl groups is 1. The highest BCUT2D eigenvalue weighted by Crippen LogP contribution is 2.17. The summed E-state index contributed by atoms with van der Waals surface area (Å²) in [5.74, 6) is 0.0192. The molecule has 8 nitrogen and oxygen atoms in total. The van der Waals surface area contributed by atoms with Crippen LogP contribution in [0.4, 0.5) is 8.78 Å². The molecule has 1 unspecified atom stereocenters. The van der Waals surface area contributed by atoms with Gasteiger partial charge in [-0.15, -0.1) is 0 Å². The van der Waals surface area contributed by atoms with Crippen molar-refractivity contribution in [2.75, 3.05) is 19.7 Å². The van der Waals surface area contributed by atoms with Crippen molar-refractivity contribution in [3.05, 3.63) is 53.9 Å². The Hall–Kier alpha value is -2.56. The van der Waals surface area contributed by atoms with Crippen LogP contribution in [0.5, 0.6) is 0 Å². The monoisotopic (exact) mass is 423 g/mol. The molecule has 30 heavy (non-hydrogen) atoms. The molecule has 0 aliphatic carbocycles. The highest BCUT2D eigenvalue weighted by atomic mass is 19.3. The van der Waals surface area contributed by atoms with Gasteiger partial charge in [-0.2, -0.15) is 0 Å². The molecule has 0 fully saturated rings. The van der Waals surface area contributed by atoms with E-state index in [0.717, 1.165) is 0 Å². The molecule has 0 radical (unpaired) electrons. The van der Waals surface area contributed by atoms with Crippen molar-refractivity contribution in [1.29, 1.82) is 0 Å². The van der Waals surface area contributed by atoms with Crippen LogP contribution in [0.3, 0.4) is 0 Å². The molecule has 2 rings (SSSR count). The highest BCUT2D eigenvalue weighted by Gasteiger charge is 2.23. The van der Waals surface area contributed by atoms with Gasteiger partial charge in [-0.25, -0.2) is 18.7 Å². The zero-order valence-corrected chi connectivity index (χ0v) is 17.3. The summed E-state index contributed by atoms with van der Waals surface area (Å²) in [6.45, 7) is 4.90. The van der Waals surface area contributed by atoms with Gasteiger partial charge in [0.2, 0.25) is 0 Å². The van der Waals surface area contributed by atoms with Gasteiger partial charge in [-0.05, 0) is 38.6 Å². The Kier molecular flexibility index (Phi) is 8.70. The number of hydrogen-bond donors (Lipinski definition) is 2. The first-order valence-corrected chi connectivity index (χ1v) is 9.57. The van der Waals surface area contributed by atoms with E-state index >= 15 is 0 Å². The highest BCUT2D eigenvalue weighted by molar-refractivity contribution is 5.93. The summed E-state index contributed by atoms with van der Waals surface area (Å²) in [7, 11) is 0. The molecule has 164 valence electrons. The van der Waals surface area contributed by atoms with Crippen LogP contribution in [0.25, 0.3) is 0 Å². The molecule has 0 aliphatic rings. The third-order valence-corrected chi connectivity index (χ3v) is 4.27. The lowest BCUT2D eigenvalue weighted by Crippen LogP contribution is -2.46. The Labute approximate surface area is 174 Å². The molecular formula is C20H27F2N5O3. The topological polar surface area (TPSA) is 100 Å². The molecule has 2 heterocycles. The van der Waals surface area contributed by atoms with E-state index in [9.17, 15) is 18.7 Å². The third kappa shape index (κ3) is 7.36. The van der Waals surface area contributed by atoms with Crippen molar-refractivity contribution < 1.29 is 23.4 Å². The molecule has 0 bridgehead atoms. The van der Waals surface area contributed by atoms with Gasteiger partial charge in [-0.3, -0.25) is 14.7 Å². The fraction of sp³-hybridized carbons (Fsp3) is 0.500. The van der Waals surface area contributed by atoms with Crippen LogP contribution >= 0.6 is 0 Å². The number of nitrogens with one attached hydrogen (secondary N) is 1. The minimum Gasteiger partial charge on any atom is -0.384 e. The maximum absolute atomic E-state index is 12.7. The van der Waals surface area contributed by atoms with Gasteiger partial charge in [0.15, 0.2) is 0 Å². The predicted molar refractivity (Wildman–Crippen MR) is 106 cm³/mol. The van der Waals surface area contributed by atoms with Crippen LogP contribution in [0.2, 0.25) is 0 Å². The largest absolute Gasteiger partial charge is 0.384 e. The van der Waals surface area contributed by atoms with Crippen LogP contribution in [0.15, 0.2) is 36.8 Å². The number of likely N-dealkylation sites (N-methyl/N-ethyl adjacent to an activating group) is 1. The molecule has 1 amide bonds.